The molecule has 4 rings (SSSR count). The Morgan fingerprint density at radius 2 is 1.74 bits per heavy atom. The van der Waals surface area contributed by atoms with Gasteiger partial charge in [0.25, 0.3) is 5.91 Å². The van der Waals surface area contributed by atoms with Gasteiger partial charge in [-0.1, -0.05) is 0 Å². The van der Waals surface area contributed by atoms with Crippen LogP contribution in [0.4, 0.5) is 5.69 Å². The number of hydrogen-bond acceptors (Lipinski definition) is 4. The normalized spacial score (nSPS) is 11.1. The molecule has 0 fully saturated rings. The minimum absolute atomic E-state index is 0.177. The number of fused-ring (bicyclic) bond motifs is 1. The molecular formula is C20H20N6O. The van der Waals surface area contributed by atoms with E-state index in [9.17, 15) is 4.79 Å². The molecule has 0 atom stereocenters. The van der Waals surface area contributed by atoms with Gasteiger partial charge >= 0.3 is 0 Å². The molecule has 1 N–H and O–H groups in total. The van der Waals surface area contributed by atoms with Crippen LogP contribution >= 0.6 is 0 Å². The van der Waals surface area contributed by atoms with Crippen LogP contribution in [-0.2, 0) is 7.05 Å². The van der Waals surface area contributed by atoms with Crippen LogP contribution in [0, 0.1) is 20.8 Å². The van der Waals surface area contributed by atoms with Crippen molar-refractivity contribution < 1.29 is 4.79 Å². The standard InChI is InChI=1S/C20H20N6O/c1-12-9-10-26(23-12)16-7-5-15(6-8-16)22-20(27)17-11-13(2)21-19-18(17)14(3)24-25(19)4/h5-11H,1-4H3,(H,22,27). The summed E-state index contributed by atoms with van der Waals surface area (Å²) in [6.45, 7) is 5.71. The highest BCUT2D eigenvalue weighted by Gasteiger charge is 2.17. The fourth-order valence-electron chi connectivity index (χ4n) is 3.20. The van der Waals surface area contributed by atoms with Gasteiger partial charge in [-0.15, -0.1) is 0 Å². The quantitative estimate of drug-likeness (QED) is 0.608. The first-order valence-corrected chi connectivity index (χ1v) is 8.67. The average molecular weight is 360 g/mol. The third-order valence-electron chi connectivity index (χ3n) is 4.45. The van der Waals surface area contributed by atoms with E-state index in [4.69, 9.17) is 0 Å². The molecule has 0 spiro atoms. The highest BCUT2D eigenvalue weighted by molar-refractivity contribution is 6.12. The molecule has 0 saturated heterocycles. The van der Waals surface area contributed by atoms with E-state index in [0.717, 1.165) is 33.8 Å². The molecule has 4 aromatic rings. The molecule has 0 saturated carbocycles. The van der Waals surface area contributed by atoms with Gasteiger partial charge in [-0.3, -0.25) is 9.48 Å². The van der Waals surface area contributed by atoms with Gasteiger partial charge in [0, 0.05) is 24.6 Å². The number of benzene rings is 1. The molecular weight excluding hydrogens is 340 g/mol. The number of aryl methyl sites for hydroxylation is 4. The molecule has 0 aliphatic rings. The zero-order valence-electron chi connectivity index (χ0n) is 15.7. The molecule has 0 aliphatic heterocycles. The van der Waals surface area contributed by atoms with Gasteiger partial charge in [0.1, 0.15) is 0 Å². The second-order valence-corrected chi connectivity index (χ2v) is 6.62. The summed E-state index contributed by atoms with van der Waals surface area (Å²) in [7, 11) is 1.83. The predicted octanol–water partition coefficient (Wildman–Crippen LogP) is 3.33. The topological polar surface area (TPSA) is 77.6 Å². The molecule has 136 valence electrons. The van der Waals surface area contributed by atoms with Gasteiger partial charge in [0.2, 0.25) is 0 Å². The maximum atomic E-state index is 12.9. The van der Waals surface area contributed by atoms with E-state index in [1.54, 1.807) is 15.4 Å². The monoisotopic (exact) mass is 360 g/mol. The third kappa shape index (κ3) is 3.08. The highest BCUT2D eigenvalue weighted by Crippen LogP contribution is 2.23. The molecule has 3 heterocycles. The summed E-state index contributed by atoms with van der Waals surface area (Å²) in [5, 5.41) is 12.5. The maximum absolute atomic E-state index is 12.9. The molecule has 0 unspecified atom stereocenters. The van der Waals surface area contributed by atoms with Crippen molar-refractivity contribution in [2.24, 2.45) is 7.05 Å². The minimum Gasteiger partial charge on any atom is -0.322 e. The zero-order valence-corrected chi connectivity index (χ0v) is 15.7. The molecule has 3 aromatic heterocycles. The Balaban J connectivity index is 1.64. The summed E-state index contributed by atoms with van der Waals surface area (Å²) in [6, 6.07) is 11.3. The van der Waals surface area contributed by atoms with Gasteiger partial charge in [-0.05, 0) is 57.2 Å². The number of amides is 1. The van der Waals surface area contributed by atoms with Crippen LogP contribution < -0.4 is 5.32 Å². The Kier molecular flexibility index (Phi) is 3.99. The van der Waals surface area contributed by atoms with Gasteiger partial charge in [-0.25, -0.2) is 9.67 Å². The van der Waals surface area contributed by atoms with Crippen molar-refractivity contribution in [3.8, 4) is 5.69 Å². The van der Waals surface area contributed by atoms with E-state index < -0.39 is 0 Å². The summed E-state index contributed by atoms with van der Waals surface area (Å²) >= 11 is 0. The van der Waals surface area contributed by atoms with Crippen molar-refractivity contribution in [2.45, 2.75) is 20.8 Å². The molecule has 7 nitrogen and oxygen atoms in total. The maximum Gasteiger partial charge on any atom is 0.256 e. The Morgan fingerprint density at radius 3 is 2.41 bits per heavy atom. The number of carbonyl (C=O) groups excluding carboxylic acids is 1. The number of rotatable bonds is 3. The second kappa shape index (κ2) is 6.35. The number of pyridine rings is 1. The van der Waals surface area contributed by atoms with Gasteiger partial charge < -0.3 is 5.32 Å². The third-order valence-corrected chi connectivity index (χ3v) is 4.45. The van der Waals surface area contributed by atoms with E-state index in [1.807, 2.05) is 64.3 Å². The zero-order chi connectivity index (χ0) is 19.1. The summed E-state index contributed by atoms with van der Waals surface area (Å²) in [6.07, 6.45) is 1.91. The van der Waals surface area contributed by atoms with Crippen molar-refractivity contribution in [1.82, 2.24) is 24.5 Å². The number of nitrogens with one attached hydrogen (secondary N) is 1. The van der Waals surface area contributed by atoms with Crippen molar-refractivity contribution in [3.05, 3.63) is 65.2 Å². The van der Waals surface area contributed by atoms with E-state index in [2.05, 4.69) is 20.5 Å². The van der Waals surface area contributed by atoms with Crippen LogP contribution in [0.3, 0.4) is 0 Å². The van der Waals surface area contributed by atoms with Crippen LogP contribution in [-0.4, -0.2) is 30.5 Å². The number of nitrogens with zero attached hydrogens (tertiary/aromatic N) is 5. The van der Waals surface area contributed by atoms with Gasteiger partial charge in [-0.2, -0.15) is 10.2 Å². The lowest BCUT2D eigenvalue weighted by Gasteiger charge is -2.09. The smallest absolute Gasteiger partial charge is 0.256 e. The molecule has 1 amide bonds. The summed E-state index contributed by atoms with van der Waals surface area (Å²) in [4.78, 5) is 17.4. The molecule has 27 heavy (non-hydrogen) atoms. The minimum atomic E-state index is -0.177. The van der Waals surface area contributed by atoms with E-state index in [-0.39, 0.29) is 5.91 Å². The Labute approximate surface area is 156 Å². The van der Waals surface area contributed by atoms with Crippen LogP contribution in [0.5, 0.6) is 0 Å². The Hall–Kier alpha value is -3.48. The van der Waals surface area contributed by atoms with E-state index in [1.165, 1.54) is 0 Å². The molecule has 0 radical (unpaired) electrons. The first kappa shape index (κ1) is 17.0. The first-order chi connectivity index (χ1) is 12.9. The predicted molar refractivity (Wildman–Crippen MR) is 104 cm³/mol. The number of carbonyl (C=O) groups is 1. The van der Waals surface area contributed by atoms with Crippen molar-refractivity contribution >= 4 is 22.6 Å². The lowest BCUT2D eigenvalue weighted by molar-refractivity contribution is 0.102. The average Bonchev–Trinajstić information content (AvgIpc) is 3.18. The fraction of sp³-hybridized carbons (Fsp3) is 0.200. The van der Waals surface area contributed by atoms with Crippen LogP contribution in [0.1, 0.15) is 27.4 Å². The summed E-state index contributed by atoms with van der Waals surface area (Å²) in [5.41, 5.74) is 5.46. The van der Waals surface area contributed by atoms with Crippen molar-refractivity contribution in [2.75, 3.05) is 5.32 Å². The number of aromatic nitrogens is 5. The molecule has 0 bridgehead atoms. The first-order valence-electron chi connectivity index (χ1n) is 8.67. The van der Waals surface area contributed by atoms with Crippen LogP contribution in [0.15, 0.2) is 42.6 Å². The van der Waals surface area contributed by atoms with E-state index in [0.29, 0.717) is 11.2 Å². The largest absolute Gasteiger partial charge is 0.322 e. The summed E-state index contributed by atoms with van der Waals surface area (Å²) in [5.74, 6) is -0.177. The van der Waals surface area contributed by atoms with Crippen LogP contribution in [0.25, 0.3) is 16.7 Å². The molecule has 1 aromatic carbocycles. The van der Waals surface area contributed by atoms with Gasteiger partial charge in [0.05, 0.1) is 28.0 Å². The lowest BCUT2D eigenvalue weighted by atomic mass is 10.1. The second-order valence-electron chi connectivity index (χ2n) is 6.62. The van der Waals surface area contributed by atoms with Gasteiger partial charge in [0.15, 0.2) is 5.65 Å². The van der Waals surface area contributed by atoms with Crippen LogP contribution in [0.2, 0.25) is 0 Å². The number of anilines is 1. The Morgan fingerprint density at radius 1 is 1.00 bits per heavy atom. The van der Waals surface area contributed by atoms with Crippen molar-refractivity contribution in [3.63, 3.8) is 0 Å². The summed E-state index contributed by atoms with van der Waals surface area (Å²) < 4.78 is 3.50. The SMILES string of the molecule is Cc1cc(C(=O)Nc2ccc(-n3ccc(C)n3)cc2)c2c(C)nn(C)c2n1. The Bertz CT molecular complexity index is 1150. The lowest BCUT2D eigenvalue weighted by Crippen LogP contribution is -2.13. The molecule has 0 aliphatic carbocycles. The van der Waals surface area contributed by atoms with Crippen molar-refractivity contribution in [1.29, 1.82) is 0 Å². The fourth-order valence-corrected chi connectivity index (χ4v) is 3.20. The number of hydrogen-bond donors (Lipinski definition) is 1. The molecule has 7 heteroatoms. The van der Waals surface area contributed by atoms with E-state index >= 15 is 0 Å². The highest BCUT2D eigenvalue weighted by atomic mass is 16.1.